The monoisotopic (exact) mass is 261 g/mol. The third-order valence-electron chi connectivity index (χ3n) is 4.70. The van der Waals surface area contributed by atoms with Crippen molar-refractivity contribution in [2.24, 2.45) is 11.7 Å². The smallest absolute Gasteiger partial charge is 0.143 e. The van der Waals surface area contributed by atoms with Crippen molar-refractivity contribution in [1.82, 2.24) is 9.78 Å². The summed E-state index contributed by atoms with van der Waals surface area (Å²) in [6, 6.07) is 2.62. The van der Waals surface area contributed by atoms with Crippen LogP contribution in [0, 0.1) is 5.92 Å². The second kappa shape index (κ2) is 5.45. The third kappa shape index (κ3) is 2.73. The Hall–Kier alpha value is -1.16. The van der Waals surface area contributed by atoms with E-state index in [-0.39, 0.29) is 17.7 Å². The van der Waals surface area contributed by atoms with Gasteiger partial charge in [-0.3, -0.25) is 9.48 Å². The number of carbonyl (C=O) groups is 1. The highest BCUT2D eigenvalue weighted by atomic mass is 16.1. The number of ketones is 1. The summed E-state index contributed by atoms with van der Waals surface area (Å²) >= 11 is 0. The van der Waals surface area contributed by atoms with Crippen LogP contribution in [0.5, 0.6) is 0 Å². The quantitative estimate of drug-likeness (QED) is 0.904. The van der Waals surface area contributed by atoms with E-state index in [9.17, 15) is 4.79 Å². The van der Waals surface area contributed by atoms with E-state index >= 15 is 0 Å². The van der Waals surface area contributed by atoms with Crippen molar-refractivity contribution in [1.29, 1.82) is 0 Å². The molecule has 4 heteroatoms. The maximum absolute atomic E-state index is 12.2. The normalized spacial score (nSPS) is 28.1. The van der Waals surface area contributed by atoms with Gasteiger partial charge in [-0.05, 0) is 31.7 Å². The fraction of sp³-hybridized carbons (Fsp3) is 0.733. The van der Waals surface area contributed by atoms with Crippen LogP contribution in [0.25, 0.3) is 0 Å². The first-order valence-electron chi connectivity index (χ1n) is 7.56. The van der Waals surface area contributed by atoms with Crippen LogP contribution in [0.4, 0.5) is 0 Å². The van der Waals surface area contributed by atoms with Crippen molar-refractivity contribution >= 4 is 5.78 Å². The second-order valence-corrected chi connectivity index (χ2v) is 6.07. The Balaban J connectivity index is 1.61. The summed E-state index contributed by atoms with van der Waals surface area (Å²) in [6.07, 6.45) is 10.6. The number of hydrogen-bond donors (Lipinski definition) is 1. The van der Waals surface area contributed by atoms with Gasteiger partial charge in [0.05, 0.1) is 18.2 Å². The summed E-state index contributed by atoms with van der Waals surface area (Å²) in [5.74, 6) is 0.346. The van der Waals surface area contributed by atoms with Gasteiger partial charge in [0.1, 0.15) is 5.78 Å². The molecule has 2 fully saturated rings. The molecule has 2 atom stereocenters. The summed E-state index contributed by atoms with van der Waals surface area (Å²) in [5, 5.41) is 4.58. The van der Waals surface area contributed by atoms with Gasteiger partial charge in [0.2, 0.25) is 0 Å². The molecule has 2 aliphatic carbocycles. The average molecular weight is 261 g/mol. The number of carbonyl (C=O) groups excluding carboxylic acids is 1. The first-order valence-corrected chi connectivity index (χ1v) is 7.56. The van der Waals surface area contributed by atoms with Gasteiger partial charge in [-0.25, -0.2) is 0 Å². The van der Waals surface area contributed by atoms with Crippen LogP contribution in [-0.2, 0) is 11.2 Å². The molecule has 1 aromatic heterocycles. The van der Waals surface area contributed by atoms with Crippen LogP contribution in [0.1, 0.15) is 56.7 Å². The molecule has 0 aliphatic heterocycles. The van der Waals surface area contributed by atoms with Gasteiger partial charge < -0.3 is 5.73 Å². The fourth-order valence-corrected chi connectivity index (χ4v) is 3.54. The van der Waals surface area contributed by atoms with E-state index in [0.717, 1.165) is 25.0 Å². The van der Waals surface area contributed by atoms with Crippen molar-refractivity contribution in [2.75, 3.05) is 0 Å². The van der Waals surface area contributed by atoms with Crippen molar-refractivity contribution in [2.45, 2.75) is 63.5 Å². The van der Waals surface area contributed by atoms with Gasteiger partial charge in [-0.15, -0.1) is 0 Å². The van der Waals surface area contributed by atoms with Gasteiger partial charge in [0.15, 0.2) is 0 Å². The molecule has 4 nitrogen and oxygen atoms in total. The molecule has 19 heavy (non-hydrogen) atoms. The summed E-state index contributed by atoms with van der Waals surface area (Å²) in [4.78, 5) is 12.2. The molecule has 104 valence electrons. The van der Waals surface area contributed by atoms with Crippen molar-refractivity contribution in [3.8, 4) is 0 Å². The number of rotatable bonds is 4. The number of nitrogens with zero attached hydrogens (tertiary/aromatic N) is 2. The predicted octanol–water partition coefficient (Wildman–Crippen LogP) is 2.24. The standard InChI is InChI=1S/C15H23N3O/c16-14-7-3-6-13(14)15(19)10-11-8-9-18(17-11)12-4-1-2-5-12/h8-9,12-14H,1-7,10,16H2. The lowest BCUT2D eigenvalue weighted by atomic mass is 9.96. The van der Waals surface area contributed by atoms with Crippen LogP contribution in [-0.4, -0.2) is 21.6 Å². The molecular weight excluding hydrogens is 238 g/mol. The number of nitrogens with two attached hydrogens (primary N) is 1. The van der Waals surface area contributed by atoms with Crippen LogP contribution in [0.3, 0.4) is 0 Å². The predicted molar refractivity (Wildman–Crippen MR) is 73.8 cm³/mol. The molecule has 0 radical (unpaired) electrons. The van der Waals surface area contributed by atoms with Gasteiger partial charge in [-0.1, -0.05) is 19.3 Å². The summed E-state index contributed by atoms with van der Waals surface area (Å²) in [6.45, 7) is 0. The molecule has 2 aliphatic rings. The minimum Gasteiger partial charge on any atom is -0.327 e. The molecule has 2 N–H and O–H groups in total. The zero-order chi connectivity index (χ0) is 13.2. The molecular formula is C15H23N3O. The van der Waals surface area contributed by atoms with E-state index in [1.165, 1.54) is 25.7 Å². The lowest BCUT2D eigenvalue weighted by Gasteiger charge is -2.13. The Morgan fingerprint density at radius 3 is 2.74 bits per heavy atom. The van der Waals surface area contributed by atoms with E-state index < -0.39 is 0 Å². The SMILES string of the molecule is NC1CCCC1C(=O)Cc1ccn(C2CCCC2)n1. The van der Waals surface area contributed by atoms with Crippen molar-refractivity contribution in [3.63, 3.8) is 0 Å². The molecule has 0 spiro atoms. The van der Waals surface area contributed by atoms with Crippen molar-refractivity contribution < 1.29 is 4.79 Å². The summed E-state index contributed by atoms with van der Waals surface area (Å²) in [5.41, 5.74) is 6.90. The lowest BCUT2D eigenvalue weighted by molar-refractivity contribution is -0.122. The van der Waals surface area contributed by atoms with Crippen LogP contribution in [0.15, 0.2) is 12.3 Å². The molecule has 1 heterocycles. The van der Waals surface area contributed by atoms with E-state index in [4.69, 9.17) is 5.73 Å². The number of aromatic nitrogens is 2. The van der Waals surface area contributed by atoms with Crippen LogP contribution >= 0.6 is 0 Å². The first kappa shape index (κ1) is 12.9. The van der Waals surface area contributed by atoms with E-state index in [1.54, 1.807) is 0 Å². The molecule has 0 aromatic carbocycles. The maximum Gasteiger partial charge on any atom is 0.143 e. The van der Waals surface area contributed by atoms with Crippen LogP contribution < -0.4 is 5.73 Å². The highest BCUT2D eigenvalue weighted by molar-refractivity contribution is 5.83. The highest BCUT2D eigenvalue weighted by Crippen LogP contribution is 2.29. The topological polar surface area (TPSA) is 60.9 Å². The summed E-state index contributed by atoms with van der Waals surface area (Å²) < 4.78 is 2.06. The minimum absolute atomic E-state index is 0.0663. The molecule has 0 bridgehead atoms. The molecule has 3 rings (SSSR count). The molecule has 1 aromatic rings. The zero-order valence-corrected chi connectivity index (χ0v) is 11.4. The Kier molecular flexibility index (Phi) is 3.69. The van der Waals surface area contributed by atoms with Gasteiger partial charge in [0.25, 0.3) is 0 Å². The molecule has 0 saturated heterocycles. The van der Waals surface area contributed by atoms with Gasteiger partial charge >= 0.3 is 0 Å². The lowest BCUT2D eigenvalue weighted by Crippen LogP contribution is -2.31. The average Bonchev–Trinajstić information content (AvgIpc) is 3.07. The second-order valence-electron chi connectivity index (χ2n) is 6.07. The molecule has 0 amide bonds. The van der Waals surface area contributed by atoms with E-state index in [0.29, 0.717) is 12.5 Å². The maximum atomic E-state index is 12.2. The largest absolute Gasteiger partial charge is 0.327 e. The third-order valence-corrected chi connectivity index (χ3v) is 4.70. The Labute approximate surface area is 114 Å². The van der Waals surface area contributed by atoms with Gasteiger partial charge in [-0.2, -0.15) is 5.10 Å². The zero-order valence-electron chi connectivity index (χ0n) is 11.4. The number of Topliss-reactive ketones (excluding diaryl/α,β-unsaturated/α-hetero) is 1. The van der Waals surface area contributed by atoms with E-state index in [2.05, 4.69) is 9.78 Å². The Morgan fingerprint density at radius 1 is 1.26 bits per heavy atom. The van der Waals surface area contributed by atoms with Gasteiger partial charge in [0, 0.05) is 18.2 Å². The summed E-state index contributed by atoms with van der Waals surface area (Å²) in [7, 11) is 0. The Morgan fingerprint density at radius 2 is 2.05 bits per heavy atom. The van der Waals surface area contributed by atoms with E-state index in [1.807, 2.05) is 12.3 Å². The first-order chi connectivity index (χ1) is 9.24. The Bertz CT molecular complexity index is 448. The minimum atomic E-state index is 0.0663. The van der Waals surface area contributed by atoms with Crippen molar-refractivity contribution in [3.05, 3.63) is 18.0 Å². The van der Waals surface area contributed by atoms with Crippen LogP contribution in [0.2, 0.25) is 0 Å². The highest BCUT2D eigenvalue weighted by Gasteiger charge is 2.30. The molecule has 2 saturated carbocycles. The molecule has 2 unspecified atom stereocenters. The fourth-order valence-electron chi connectivity index (χ4n) is 3.54. The number of hydrogen-bond acceptors (Lipinski definition) is 3.